The number of benzene rings is 1. The van der Waals surface area contributed by atoms with Gasteiger partial charge in [-0.05, 0) is 12.0 Å². The number of amides is 1. The fourth-order valence-corrected chi connectivity index (χ4v) is 1.20. The summed E-state index contributed by atoms with van der Waals surface area (Å²) in [7, 11) is 0. The molecule has 0 aromatic heterocycles. The standard InChI is InChI=1S/C13H16NO/c1-3-4-10-14-13(15)11(2)12-8-6-5-7-9-12/h5-9H,1-4,10H2,(H,14,15). The van der Waals surface area contributed by atoms with E-state index in [1.807, 2.05) is 30.3 Å². The minimum atomic E-state index is -0.102. The Morgan fingerprint density at radius 3 is 2.53 bits per heavy atom. The van der Waals surface area contributed by atoms with Crippen LogP contribution in [0.4, 0.5) is 0 Å². The molecule has 0 aliphatic heterocycles. The maximum Gasteiger partial charge on any atom is 0.251 e. The lowest BCUT2D eigenvalue weighted by Crippen LogP contribution is -2.24. The first-order valence-corrected chi connectivity index (χ1v) is 5.07. The molecule has 0 heterocycles. The second-order valence-corrected chi connectivity index (χ2v) is 3.31. The molecule has 0 aliphatic carbocycles. The third kappa shape index (κ3) is 3.58. The van der Waals surface area contributed by atoms with Crippen LogP contribution in [0.2, 0.25) is 0 Å². The van der Waals surface area contributed by atoms with E-state index in [-0.39, 0.29) is 5.91 Å². The molecule has 0 fully saturated rings. The third-order valence-corrected chi connectivity index (χ3v) is 2.11. The van der Waals surface area contributed by atoms with E-state index in [0.29, 0.717) is 12.1 Å². The van der Waals surface area contributed by atoms with Crippen LogP contribution in [0.15, 0.2) is 36.9 Å². The summed E-state index contributed by atoms with van der Waals surface area (Å²) in [6.07, 6.45) is 1.73. The van der Waals surface area contributed by atoms with Gasteiger partial charge in [-0.15, -0.1) is 0 Å². The summed E-state index contributed by atoms with van der Waals surface area (Å²) in [6, 6.07) is 9.46. The van der Waals surface area contributed by atoms with Crippen LogP contribution in [0.25, 0.3) is 5.57 Å². The predicted octanol–water partition coefficient (Wildman–Crippen LogP) is 2.43. The van der Waals surface area contributed by atoms with Crippen LogP contribution < -0.4 is 5.32 Å². The van der Waals surface area contributed by atoms with E-state index in [1.54, 1.807) is 0 Å². The van der Waals surface area contributed by atoms with Crippen molar-refractivity contribution in [3.63, 3.8) is 0 Å². The molecule has 2 heteroatoms. The van der Waals surface area contributed by atoms with Crippen LogP contribution in [-0.4, -0.2) is 12.5 Å². The summed E-state index contributed by atoms with van der Waals surface area (Å²) in [5, 5.41) is 2.80. The molecule has 0 saturated heterocycles. The van der Waals surface area contributed by atoms with Crippen molar-refractivity contribution >= 4 is 11.5 Å². The Morgan fingerprint density at radius 2 is 1.93 bits per heavy atom. The average molecular weight is 202 g/mol. The lowest BCUT2D eigenvalue weighted by atomic mass is 10.1. The van der Waals surface area contributed by atoms with E-state index in [9.17, 15) is 4.79 Å². The zero-order chi connectivity index (χ0) is 11.1. The van der Waals surface area contributed by atoms with Crippen LogP contribution in [0.3, 0.4) is 0 Å². The highest BCUT2D eigenvalue weighted by molar-refractivity contribution is 6.18. The minimum absolute atomic E-state index is 0.102. The molecule has 0 unspecified atom stereocenters. The molecular formula is C13H16NO. The van der Waals surface area contributed by atoms with Gasteiger partial charge in [-0.2, -0.15) is 0 Å². The molecule has 0 aliphatic rings. The number of nitrogens with one attached hydrogen (secondary N) is 1. The summed E-state index contributed by atoms with van der Waals surface area (Å²) < 4.78 is 0. The van der Waals surface area contributed by atoms with Gasteiger partial charge in [0, 0.05) is 12.1 Å². The van der Waals surface area contributed by atoms with Crippen LogP contribution in [0.5, 0.6) is 0 Å². The van der Waals surface area contributed by atoms with E-state index in [1.165, 1.54) is 0 Å². The van der Waals surface area contributed by atoms with Gasteiger partial charge < -0.3 is 5.32 Å². The van der Waals surface area contributed by atoms with Crippen molar-refractivity contribution in [1.29, 1.82) is 0 Å². The predicted molar refractivity (Wildman–Crippen MR) is 63.1 cm³/mol. The van der Waals surface area contributed by atoms with Gasteiger partial charge >= 0.3 is 0 Å². The lowest BCUT2D eigenvalue weighted by molar-refractivity contribution is -0.115. The lowest BCUT2D eigenvalue weighted by Gasteiger charge is -2.06. The van der Waals surface area contributed by atoms with Gasteiger partial charge in [0.2, 0.25) is 0 Å². The largest absolute Gasteiger partial charge is 0.352 e. The van der Waals surface area contributed by atoms with Crippen molar-refractivity contribution in [1.82, 2.24) is 5.32 Å². The van der Waals surface area contributed by atoms with Gasteiger partial charge in [-0.3, -0.25) is 4.79 Å². The first kappa shape index (κ1) is 11.5. The second-order valence-electron chi connectivity index (χ2n) is 3.31. The normalized spacial score (nSPS) is 9.67. The summed E-state index contributed by atoms with van der Waals surface area (Å²) >= 11 is 0. The molecule has 0 saturated carbocycles. The van der Waals surface area contributed by atoms with Crippen LogP contribution >= 0.6 is 0 Å². The summed E-state index contributed by atoms with van der Waals surface area (Å²) in [6.45, 7) is 8.15. The molecule has 0 spiro atoms. The molecular weight excluding hydrogens is 186 g/mol. The summed E-state index contributed by atoms with van der Waals surface area (Å²) in [4.78, 5) is 11.6. The Hall–Kier alpha value is -1.57. The first-order chi connectivity index (χ1) is 7.25. The monoisotopic (exact) mass is 202 g/mol. The number of hydrogen-bond donors (Lipinski definition) is 1. The highest BCUT2D eigenvalue weighted by Crippen LogP contribution is 2.11. The summed E-state index contributed by atoms with van der Waals surface area (Å²) in [5.41, 5.74) is 1.38. The van der Waals surface area contributed by atoms with Gasteiger partial charge in [0.25, 0.3) is 5.91 Å². The smallest absolute Gasteiger partial charge is 0.251 e. The molecule has 79 valence electrons. The fraction of sp³-hybridized carbons (Fsp3) is 0.231. The van der Waals surface area contributed by atoms with Crippen molar-refractivity contribution in [3.8, 4) is 0 Å². The molecule has 1 aromatic carbocycles. The molecule has 1 N–H and O–H groups in total. The van der Waals surface area contributed by atoms with Gasteiger partial charge in [-0.1, -0.05) is 50.3 Å². The Morgan fingerprint density at radius 1 is 1.27 bits per heavy atom. The molecule has 0 bridgehead atoms. The van der Waals surface area contributed by atoms with Gasteiger partial charge in [0.15, 0.2) is 0 Å². The first-order valence-electron chi connectivity index (χ1n) is 5.07. The van der Waals surface area contributed by atoms with E-state index in [0.717, 1.165) is 18.4 Å². The second kappa shape index (κ2) is 6.02. The fourth-order valence-electron chi connectivity index (χ4n) is 1.20. The number of hydrogen-bond acceptors (Lipinski definition) is 1. The molecule has 0 atom stereocenters. The summed E-state index contributed by atoms with van der Waals surface area (Å²) in [5.74, 6) is -0.102. The van der Waals surface area contributed by atoms with Gasteiger partial charge in [0.05, 0.1) is 0 Å². The molecule has 1 amide bonds. The topological polar surface area (TPSA) is 29.1 Å². The van der Waals surface area contributed by atoms with Gasteiger partial charge in [0.1, 0.15) is 0 Å². The molecule has 1 aromatic rings. The van der Waals surface area contributed by atoms with Gasteiger partial charge in [-0.25, -0.2) is 0 Å². The maximum atomic E-state index is 11.6. The quantitative estimate of drug-likeness (QED) is 0.576. The van der Waals surface area contributed by atoms with Crippen molar-refractivity contribution in [3.05, 3.63) is 49.4 Å². The Balaban J connectivity index is 2.50. The minimum Gasteiger partial charge on any atom is -0.352 e. The van der Waals surface area contributed by atoms with E-state index < -0.39 is 0 Å². The maximum absolute atomic E-state index is 11.6. The third-order valence-electron chi connectivity index (χ3n) is 2.11. The van der Waals surface area contributed by atoms with E-state index in [2.05, 4.69) is 18.8 Å². The number of unbranched alkanes of at least 4 members (excludes halogenated alkanes) is 1. The SMILES string of the molecule is [CH2]CCCNC(=O)C(=C)c1ccccc1. The zero-order valence-electron chi connectivity index (χ0n) is 8.83. The molecule has 1 radical (unpaired) electrons. The van der Waals surface area contributed by atoms with E-state index in [4.69, 9.17) is 0 Å². The Bertz CT molecular complexity index is 330. The van der Waals surface area contributed by atoms with E-state index >= 15 is 0 Å². The van der Waals surface area contributed by atoms with Crippen LogP contribution in [0.1, 0.15) is 18.4 Å². The van der Waals surface area contributed by atoms with Crippen molar-refractivity contribution < 1.29 is 4.79 Å². The van der Waals surface area contributed by atoms with Crippen LogP contribution in [-0.2, 0) is 4.79 Å². The number of carbonyl (C=O) groups excluding carboxylic acids is 1. The zero-order valence-corrected chi connectivity index (χ0v) is 8.83. The highest BCUT2D eigenvalue weighted by Gasteiger charge is 2.07. The number of carbonyl (C=O) groups is 1. The Kier molecular flexibility index (Phi) is 4.61. The average Bonchev–Trinajstić information content (AvgIpc) is 2.29. The molecule has 2 nitrogen and oxygen atoms in total. The van der Waals surface area contributed by atoms with Crippen molar-refractivity contribution in [2.75, 3.05) is 6.54 Å². The van der Waals surface area contributed by atoms with Crippen LogP contribution in [0, 0.1) is 6.92 Å². The number of rotatable bonds is 5. The Labute approximate surface area is 91.0 Å². The molecule has 1 rings (SSSR count). The highest BCUT2D eigenvalue weighted by atomic mass is 16.1. The van der Waals surface area contributed by atoms with Crippen molar-refractivity contribution in [2.45, 2.75) is 12.8 Å². The van der Waals surface area contributed by atoms with Crippen molar-refractivity contribution in [2.24, 2.45) is 0 Å². The molecule has 15 heavy (non-hydrogen) atoms.